The summed E-state index contributed by atoms with van der Waals surface area (Å²) in [5, 5.41) is 6.77. The van der Waals surface area contributed by atoms with Crippen molar-refractivity contribution in [3.63, 3.8) is 0 Å². The summed E-state index contributed by atoms with van der Waals surface area (Å²) in [7, 11) is 0. The van der Waals surface area contributed by atoms with Crippen molar-refractivity contribution in [1.29, 1.82) is 0 Å². The Kier molecular flexibility index (Phi) is 8.34. The SMILES string of the molecule is CC(NC(=S)Nc1ccc(NNC(=O)C(N)C(=O)OC(C)(C)C)nc1)C(C)(C)C. The van der Waals surface area contributed by atoms with Crippen molar-refractivity contribution in [2.45, 2.75) is 66.2 Å². The van der Waals surface area contributed by atoms with E-state index in [9.17, 15) is 9.59 Å². The van der Waals surface area contributed by atoms with Gasteiger partial charge in [0.1, 0.15) is 11.4 Å². The van der Waals surface area contributed by atoms with Gasteiger partial charge in [-0.2, -0.15) is 0 Å². The Morgan fingerprint density at radius 1 is 1.17 bits per heavy atom. The molecular formula is C19H32N6O3S. The van der Waals surface area contributed by atoms with Crippen molar-refractivity contribution in [2.24, 2.45) is 11.1 Å². The summed E-state index contributed by atoms with van der Waals surface area (Å²) in [6, 6.07) is 2.11. The number of nitrogens with two attached hydrogens (primary N) is 1. The van der Waals surface area contributed by atoms with Crippen LogP contribution in [0.3, 0.4) is 0 Å². The summed E-state index contributed by atoms with van der Waals surface area (Å²) >= 11 is 5.31. The van der Waals surface area contributed by atoms with Crippen LogP contribution in [0.5, 0.6) is 0 Å². The first-order valence-electron chi connectivity index (χ1n) is 9.27. The molecule has 1 aromatic heterocycles. The number of thiocarbonyl (C=S) groups is 1. The molecular weight excluding hydrogens is 392 g/mol. The molecule has 2 atom stereocenters. The molecule has 0 aliphatic heterocycles. The van der Waals surface area contributed by atoms with Crippen LogP contribution >= 0.6 is 12.2 Å². The van der Waals surface area contributed by atoms with E-state index in [0.717, 1.165) is 0 Å². The fourth-order valence-corrected chi connectivity index (χ4v) is 2.09. The first kappa shape index (κ1) is 24.6. The molecule has 0 aromatic carbocycles. The molecule has 1 rings (SSSR count). The van der Waals surface area contributed by atoms with Gasteiger partial charge >= 0.3 is 5.97 Å². The van der Waals surface area contributed by atoms with Crippen LogP contribution in [0.4, 0.5) is 11.5 Å². The average Bonchev–Trinajstić information content (AvgIpc) is 2.57. The molecule has 1 heterocycles. The van der Waals surface area contributed by atoms with Gasteiger partial charge in [-0.3, -0.25) is 15.6 Å². The molecule has 6 N–H and O–H groups in total. The van der Waals surface area contributed by atoms with Gasteiger partial charge in [0.2, 0.25) is 0 Å². The van der Waals surface area contributed by atoms with Crippen molar-refractivity contribution in [1.82, 2.24) is 15.7 Å². The number of aromatic nitrogens is 1. The Bertz CT molecular complexity index is 725. The number of nitrogens with one attached hydrogen (secondary N) is 4. The van der Waals surface area contributed by atoms with Crippen LogP contribution in [0.25, 0.3) is 0 Å². The fourth-order valence-electron chi connectivity index (χ4n) is 1.80. The Morgan fingerprint density at radius 2 is 1.79 bits per heavy atom. The third kappa shape index (κ3) is 9.05. The molecule has 0 spiro atoms. The lowest BCUT2D eigenvalue weighted by molar-refractivity contribution is -0.158. The molecule has 0 bridgehead atoms. The number of esters is 1. The highest BCUT2D eigenvalue weighted by Crippen LogP contribution is 2.18. The van der Waals surface area contributed by atoms with Crippen LogP contribution in [0.2, 0.25) is 0 Å². The number of amides is 1. The number of ether oxygens (including phenoxy) is 1. The standard InChI is InChI=1S/C19H32N6O3S/c1-11(18(2,3)4)22-17(29)23-12-8-9-13(21-10-12)24-25-15(26)14(20)16(27)28-19(5,6)7/h8-11,14H,20H2,1-7H3,(H,21,24)(H,25,26)(H2,22,23,29). The van der Waals surface area contributed by atoms with Crippen LogP contribution in [0.1, 0.15) is 48.5 Å². The Morgan fingerprint density at radius 3 is 2.28 bits per heavy atom. The van der Waals surface area contributed by atoms with E-state index in [1.165, 1.54) is 0 Å². The zero-order valence-corrected chi connectivity index (χ0v) is 18.9. The number of nitrogens with zero attached hydrogens (tertiary/aromatic N) is 1. The molecule has 2 unspecified atom stereocenters. The second kappa shape index (κ2) is 9.84. The van der Waals surface area contributed by atoms with Gasteiger partial charge in [-0.25, -0.2) is 9.78 Å². The van der Waals surface area contributed by atoms with Crippen molar-refractivity contribution in [3.8, 4) is 0 Å². The highest BCUT2D eigenvalue weighted by molar-refractivity contribution is 7.80. The van der Waals surface area contributed by atoms with E-state index >= 15 is 0 Å². The van der Waals surface area contributed by atoms with Gasteiger partial charge in [-0.05, 0) is 57.5 Å². The van der Waals surface area contributed by atoms with Gasteiger partial charge in [-0.15, -0.1) is 0 Å². The number of carbonyl (C=O) groups excluding carboxylic acids is 2. The number of rotatable bonds is 6. The van der Waals surface area contributed by atoms with Gasteiger partial charge in [-0.1, -0.05) is 20.8 Å². The maximum Gasteiger partial charge on any atom is 0.333 e. The predicted molar refractivity (Wildman–Crippen MR) is 118 cm³/mol. The monoisotopic (exact) mass is 424 g/mol. The van der Waals surface area contributed by atoms with E-state index in [-0.39, 0.29) is 11.5 Å². The molecule has 0 saturated heterocycles. The lowest BCUT2D eigenvalue weighted by atomic mass is 9.88. The Hall–Kier alpha value is -2.46. The highest BCUT2D eigenvalue weighted by atomic mass is 32.1. The molecule has 1 amide bonds. The summed E-state index contributed by atoms with van der Waals surface area (Å²) in [5.74, 6) is -1.18. The van der Waals surface area contributed by atoms with Crippen molar-refractivity contribution in [2.75, 3.05) is 10.7 Å². The van der Waals surface area contributed by atoms with Crippen LogP contribution < -0.4 is 27.2 Å². The number of anilines is 2. The number of hydrogen-bond donors (Lipinski definition) is 5. The third-order valence-corrected chi connectivity index (χ3v) is 4.14. The van der Waals surface area contributed by atoms with E-state index < -0.39 is 23.5 Å². The smallest absolute Gasteiger partial charge is 0.333 e. The van der Waals surface area contributed by atoms with E-state index in [1.807, 2.05) is 0 Å². The van der Waals surface area contributed by atoms with Crippen molar-refractivity contribution in [3.05, 3.63) is 18.3 Å². The van der Waals surface area contributed by atoms with E-state index in [1.54, 1.807) is 39.1 Å². The van der Waals surface area contributed by atoms with Crippen LogP contribution in [0.15, 0.2) is 18.3 Å². The first-order valence-corrected chi connectivity index (χ1v) is 9.68. The zero-order chi connectivity index (χ0) is 22.4. The average molecular weight is 425 g/mol. The molecule has 162 valence electrons. The third-order valence-electron chi connectivity index (χ3n) is 3.92. The largest absolute Gasteiger partial charge is 0.458 e. The molecule has 0 aliphatic rings. The number of hydrazine groups is 1. The first-order chi connectivity index (χ1) is 13.2. The van der Waals surface area contributed by atoms with E-state index in [4.69, 9.17) is 22.7 Å². The summed E-state index contributed by atoms with van der Waals surface area (Å²) in [6.07, 6.45) is 1.55. The minimum Gasteiger partial charge on any atom is -0.458 e. The topological polar surface area (TPSA) is 130 Å². The molecule has 1 aromatic rings. The molecule has 0 radical (unpaired) electrons. The summed E-state index contributed by atoms with van der Waals surface area (Å²) < 4.78 is 5.08. The van der Waals surface area contributed by atoms with Crippen molar-refractivity contribution >= 4 is 40.7 Å². The maximum absolute atomic E-state index is 12.0. The molecule has 0 fully saturated rings. The second-order valence-corrected chi connectivity index (χ2v) is 9.15. The van der Waals surface area contributed by atoms with Gasteiger partial charge in [0.05, 0.1) is 11.9 Å². The molecule has 10 heteroatoms. The quantitative estimate of drug-likeness (QED) is 0.201. The van der Waals surface area contributed by atoms with Crippen LogP contribution in [0, 0.1) is 5.41 Å². The molecule has 0 aliphatic carbocycles. The van der Waals surface area contributed by atoms with Crippen LogP contribution in [-0.4, -0.2) is 39.7 Å². The molecule has 29 heavy (non-hydrogen) atoms. The second-order valence-electron chi connectivity index (χ2n) is 8.74. The number of carbonyl (C=O) groups is 2. The lowest BCUT2D eigenvalue weighted by Gasteiger charge is -2.29. The van der Waals surface area contributed by atoms with Crippen LogP contribution in [-0.2, 0) is 14.3 Å². The van der Waals surface area contributed by atoms with Gasteiger partial charge in [0, 0.05) is 6.04 Å². The highest BCUT2D eigenvalue weighted by Gasteiger charge is 2.27. The molecule has 0 saturated carbocycles. The van der Waals surface area contributed by atoms with Gasteiger partial charge in [0.15, 0.2) is 11.2 Å². The molecule has 9 nitrogen and oxygen atoms in total. The Labute approximate surface area is 177 Å². The van der Waals surface area contributed by atoms with Gasteiger partial charge in [0.25, 0.3) is 5.91 Å². The number of hydrogen-bond acceptors (Lipinski definition) is 7. The fraction of sp³-hybridized carbons (Fsp3) is 0.579. The van der Waals surface area contributed by atoms with Crippen molar-refractivity contribution < 1.29 is 14.3 Å². The lowest BCUT2D eigenvalue weighted by Crippen LogP contribution is -2.50. The summed E-state index contributed by atoms with van der Waals surface area (Å²) in [4.78, 5) is 28.0. The minimum atomic E-state index is -1.45. The normalized spacial score (nSPS) is 13.7. The zero-order valence-electron chi connectivity index (χ0n) is 18.0. The number of pyridine rings is 1. The minimum absolute atomic E-state index is 0.0656. The summed E-state index contributed by atoms with van der Waals surface area (Å²) in [6.45, 7) is 13.5. The van der Waals surface area contributed by atoms with E-state index in [2.05, 4.69) is 54.2 Å². The summed E-state index contributed by atoms with van der Waals surface area (Å²) in [5.41, 5.74) is 10.6. The van der Waals surface area contributed by atoms with Gasteiger partial charge < -0.3 is 21.1 Å². The van der Waals surface area contributed by atoms with E-state index in [0.29, 0.717) is 16.6 Å². The Balaban J connectivity index is 2.53. The maximum atomic E-state index is 12.0. The predicted octanol–water partition coefficient (Wildman–Crippen LogP) is 1.91.